The Morgan fingerprint density at radius 3 is 2.54 bits per heavy atom. The van der Waals surface area contributed by atoms with Gasteiger partial charge in [-0.1, -0.05) is 37.3 Å². The Balaban J connectivity index is 1.67. The molecule has 1 unspecified atom stereocenters. The van der Waals surface area contributed by atoms with Crippen LogP contribution in [0.1, 0.15) is 32.3 Å². The summed E-state index contributed by atoms with van der Waals surface area (Å²) in [6.07, 6.45) is 0. The van der Waals surface area contributed by atoms with E-state index < -0.39 is 5.54 Å². The highest BCUT2D eigenvalue weighted by atomic mass is 16.2. The predicted molar refractivity (Wildman–Crippen MR) is 104 cm³/mol. The van der Waals surface area contributed by atoms with Gasteiger partial charge in [-0.05, 0) is 37.6 Å². The molecule has 1 atom stereocenters. The zero-order valence-corrected chi connectivity index (χ0v) is 15.3. The number of hydrogen-bond acceptors (Lipinski definition) is 3. The molecule has 0 radical (unpaired) electrons. The molecule has 0 aliphatic carbocycles. The van der Waals surface area contributed by atoms with Crippen molar-refractivity contribution < 1.29 is 9.59 Å². The lowest BCUT2D eigenvalue weighted by Gasteiger charge is -2.42. The lowest BCUT2D eigenvalue weighted by molar-refractivity contribution is -0.125. The van der Waals surface area contributed by atoms with E-state index in [1.54, 1.807) is 18.7 Å². The SMILES string of the molecule is CC1CN(CC(=O)N2c3ccccc3NC(=O)C2(C)C)c2ccccc21. The number of para-hydroxylation sites is 3. The van der Waals surface area contributed by atoms with Crippen LogP contribution >= 0.6 is 0 Å². The van der Waals surface area contributed by atoms with Crippen molar-refractivity contribution in [1.29, 1.82) is 0 Å². The molecule has 2 aliphatic rings. The molecule has 26 heavy (non-hydrogen) atoms. The highest BCUT2D eigenvalue weighted by molar-refractivity contribution is 6.14. The molecular weight excluding hydrogens is 326 g/mol. The van der Waals surface area contributed by atoms with Crippen LogP contribution in [0, 0.1) is 0 Å². The van der Waals surface area contributed by atoms with E-state index in [0.717, 1.165) is 17.9 Å². The van der Waals surface area contributed by atoms with Crippen LogP contribution in [0.4, 0.5) is 17.1 Å². The van der Waals surface area contributed by atoms with E-state index in [4.69, 9.17) is 0 Å². The Kier molecular flexibility index (Phi) is 3.75. The Hall–Kier alpha value is -2.82. The first-order valence-corrected chi connectivity index (χ1v) is 8.97. The molecule has 2 amide bonds. The maximum absolute atomic E-state index is 13.3. The van der Waals surface area contributed by atoms with Gasteiger partial charge in [0.25, 0.3) is 0 Å². The maximum atomic E-state index is 13.3. The van der Waals surface area contributed by atoms with Gasteiger partial charge in [0.15, 0.2) is 0 Å². The zero-order chi connectivity index (χ0) is 18.5. The molecule has 2 aliphatic heterocycles. The maximum Gasteiger partial charge on any atom is 0.250 e. The third-order valence-corrected chi connectivity index (χ3v) is 5.39. The van der Waals surface area contributed by atoms with Gasteiger partial charge in [0.05, 0.1) is 17.9 Å². The lowest BCUT2D eigenvalue weighted by Crippen LogP contribution is -2.60. The van der Waals surface area contributed by atoms with Crippen molar-refractivity contribution in [1.82, 2.24) is 0 Å². The second-order valence-electron chi connectivity index (χ2n) is 7.60. The molecule has 0 fully saturated rings. The van der Waals surface area contributed by atoms with Crippen molar-refractivity contribution in [3.05, 3.63) is 54.1 Å². The van der Waals surface area contributed by atoms with E-state index in [-0.39, 0.29) is 18.4 Å². The highest BCUT2D eigenvalue weighted by Gasteiger charge is 2.44. The van der Waals surface area contributed by atoms with Crippen LogP contribution in [0.3, 0.4) is 0 Å². The van der Waals surface area contributed by atoms with Crippen molar-refractivity contribution in [2.24, 2.45) is 0 Å². The molecule has 0 saturated heterocycles. The Morgan fingerprint density at radius 1 is 1.12 bits per heavy atom. The minimum Gasteiger partial charge on any atom is -0.361 e. The molecule has 2 aromatic carbocycles. The molecule has 0 aromatic heterocycles. The van der Waals surface area contributed by atoms with Gasteiger partial charge in [0.1, 0.15) is 5.54 Å². The number of hydrogen-bond donors (Lipinski definition) is 1. The number of nitrogens with zero attached hydrogens (tertiary/aromatic N) is 2. The van der Waals surface area contributed by atoms with Crippen molar-refractivity contribution in [3.63, 3.8) is 0 Å². The first-order valence-electron chi connectivity index (χ1n) is 8.97. The van der Waals surface area contributed by atoms with Gasteiger partial charge in [-0.3, -0.25) is 14.5 Å². The zero-order valence-electron chi connectivity index (χ0n) is 15.3. The largest absolute Gasteiger partial charge is 0.361 e. The summed E-state index contributed by atoms with van der Waals surface area (Å²) in [7, 11) is 0. The van der Waals surface area contributed by atoms with E-state index >= 15 is 0 Å². The minimum absolute atomic E-state index is 0.0683. The summed E-state index contributed by atoms with van der Waals surface area (Å²) < 4.78 is 0. The molecule has 0 spiro atoms. The van der Waals surface area contributed by atoms with Gasteiger partial charge in [-0.25, -0.2) is 0 Å². The number of anilines is 3. The van der Waals surface area contributed by atoms with E-state index in [1.165, 1.54) is 5.56 Å². The van der Waals surface area contributed by atoms with Crippen LogP contribution in [0.25, 0.3) is 0 Å². The second kappa shape index (κ2) is 5.87. The fourth-order valence-electron chi connectivity index (χ4n) is 4.00. The van der Waals surface area contributed by atoms with E-state index in [9.17, 15) is 9.59 Å². The topological polar surface area (TPSA) is 52.7 Å². The molecule has 2 heterocycles. The van der Waals surface area contributed by atoms with E-state index in [0.29, 0.717) is 11.6 Å². The number of carbonyl (C=O) groups excluding carboxylic acids is 2. The summed E-state index contributed by atoms with van der Waals surface area (Å²) in [6.45, 7) is 6.82. The summed E-state index contributed by atoms with van der Waals surface area (Å²) in [5.74, 6) is 0.157. The molecule has 4 rings (SSSR count). The molecule has 2 aromatic rings. The average Bonchev–Trinajstić information content (AvgIpc) is 2.92. The number of benzene rings is 2. The van der Waals surface area contributed by atoms with Crippen molar-refractivity contribution >= 4 is 28.9 Å². The standard InChI is InChI=1S/C21H23N3O2/c1-14-12-23(17-10-6-4-8-15(14)17)13-19(25)24-18-11-7-5-9-16(18)22-20(26)21(24,2)3/h4-11,14H,12-13H2,1-3H3,(H,22,26). The molecule has 5 nitrogen and oxygen atoms in total. The molecule has 0 saturated carbocycles. The van der Waals surface area contributed by atoms with Gasteiger partial charge in [-0.15, -0.1) is 0 Å². The molecule has 5 heteroatoms. The highest BCUT2D eigenvalue weighted by Crippen LogP contribution is 2.39. The smallest absolute Gasteiger partial charge is 0.250 e. The number of fused-ring (bicyclic) bond motifs is 2. The first kappa shape index (κ1) is 16.6. The van der Waals surface area contributed by atoms with Crippen LogP contribution in [-0.2, 0) is 9.59 Å². The van der Waals surface area contributed by atoms with Crippen LogP contribution in [0.2, 0.25) is 0 Å². The van der Waals surface area contributed by atoms with Crippen molar-refractivity contribution in [3.8, 4) is 0 Å². The number of rotatable bonds is 2. The fourth-order valence-corrected chi connectivity index (χ4v) is 4.00. The summed E-state index contributed by atoms with van der Waals surface area (Å²) in [5.41, 5.74) is 2.89. The number of nitrogens with one attached hydrogen (secondary N) is 1. The number of amides is 2. The van der Waals surface area contributed by atoms with Crippen LogP contribution in [0.5, 0.6) is 0 Å². The van der Waals surface area contributed by atoms with Crippen LogP contribution < -0.4 is 15.1 Å². The van der Waals surface area contributed by atoms with E-state index in [2.05, 4.69) is 29.3 Å². The molecule has 134 valence electrons. The van der Waals surface area contributed by atoms with Crippen LogP contribution in [-0.4, -0.2) is 30.4 Å². The Labute approximate surface area is 153 Å². The monoisotopic (exact) mass is 349 g/mol. The van der Waals surface area contributed by atoms with Gasteiger partial charge in [0.2, 0.25) is 11.8 Å². The third-order valence-electron chi connectivity index (χ3n) is 5.39. The van der Waals surface area contributed by atoms with Crippen molar-refractivity contribution in [2.45, 2.75) is 32.2 Å². The first-order chi connectivity index (χ1) is 12.4. The fraction of sp³-hybridized carbons (Fsp3) is 0.333. The summed E-state index contributed by atoms with van der Waals surface area (Å²) in [4.78, 5) is 29.6. The van der Waals surface area contributed by atoms with Crippen molar-refractivity contribution in [2.75, 3.05) is 28.2 Å². The molecule has 0 bridgehead atoms. The Bertz CT molecular complexity index is 890. The minimum atomic E-state index is -0.934. The normalized spacial score (nSPS) is 20.4. The molecule has 1 N–H and O–H groups in total. The summed E-state index contributed by atoms with van der Waals surface area (Å²) >= 11 is 0. The van der Waals surface area contributed by atoms with Gasteiger partial charge in [0, 0.05) is 18.2 Å². The van der Waals surface area contributed by atoms with E-state index in [1.807, 2.05) is 36.4 Å². The van der Waals surface area contributed by atoms with Gasteiger partial charge >= 0.3 is 0 Å². The van der Waals surface area contributed by atoms with Gasteiger partial charge in [-0.2, -0.15) is 0 Å². The second-order valence-corrected chi connectivity index (χ2v) is 7.60. The Morgan fingerprint density at radius 2 is 1.77 bits per heavy atom. The van der Waals surface area contributed by atoms with Crippen LogP contribution in [0.15, 0.2) is 48.5 Å². The quantitative estimate of drug-likeness (QED) is 0.904. The summed E-state index contributed by atoms with van der Waals surface area (Å²) in [5, 5.41) is 2.90. The average molecular weight is 349 g/mol. The number of carbonyl (C=O) groups is 2. The third kappa shape index (κ3) is 2.46. The van der Waals surface area contributed by atoms with Gasteiger partial charge < -0.3 is 10.2 Å². The predicted octanol–water partition coefficient (Wildman–Crippen LogP) is 3.37. The lowest BCUT2D eigenvalue weighted by atomic mass is 9.96. The molecular formula is C21H23N3O2. The summed E-state index contributed by atoms with van der Waals surface area (Å²) in [6, 6.07) is 15.7.